The Balaban J connectivity index is 2.02. The molecule has 2 aliphatic rings. The van der Waals surface area contributed by atoms with Crippen LogP contribution in [0, 0.1) is 33.8 Å². The van der Waals surface area contributed by atoms with Crippen LogP contribution in [-0.2, 0) is 0 Å². The Morgan fingerprint density at radius 1 is 1.41 bits per heavy atom. The minimum Gasteiger partial charge on any atom is -0.386 e. The van der Waals surface area contributed by atoms with Gasteiger partial charge in [-0.2, -0.15) is 0 Å². The second-order valence-corrected chi connectivity index (χ2v) is 6.89. The molecule has 2 aliphatic carbocycles. The molecule has 0 saturated heterocycles. The normalized spacial score (nSPS) is 33.8. The summed E-state index contributed by atoms with van der Waals surface area (Å²) in [5, 5.41) is 20.8. The SMILES string of the molecule is CC/C=C/[C@@H]1C=C[C@@H]2CCC[C@H]2[C@@H]1CC[C@H](O)[C@H](C)[N+](=O)[O-]. The molecule has 4 nitrogen and oxygen atoms in total. The number of nitro groups is 1. The summed E-state index contributed by atoms with van der Waals surface area (Å²) < 4.78 is 0. The molecule has 0 aromatic carbocycles. The van der Waals surface area contributed by atoms with Crippen molar-refractivity contribution in [3.63, 3.8) is 0 Å². The van der Waals surface area contributed by atoms with Gasteiger partial charge in [0.25, 0.3) is 0 Å². The van der Waals surface area contributed by atoms with Gasteiger partial charge in [0.15, 0.2) is 0 Å². The number of aliphatic hydroxyl groups excluding tert-OH is 1. The van der Waals surface area contributed by atoms with Crippen LogP contribution in [0.1, 0.15) is 52.4 Å². The lowest BCUT2D eigenvalue weighted by atomic mass is 9.69. The molecule has 0 aromatic heterocycles. The van der Waals surface area contributed by atoms with E-state index >= 15 is 0 Å². The predicted molar refractivity (Wildman–Crippen MR) is 88.1 cm³/mol. The van der Waals surface area contributed by atoms with Crippen LogP contribution in [0.15, 0.2) is 24.3 Å². The number of allylic oxidation sites excluding steroid dienone is 4. The highest BCUT2D eigenvalue weighted by molar-refractivity contribution is 5.13. The summed E-state index contributed by atoms with van der Waals surface area (Å²) in [6.45, 7) is 3.64. The van der Waals surface area contributed by atoms with Crippen molar-refractivity contribution in [1.29, 1.82) is 0 Å². The van der Waals surface area contributed by atoms with Gasteiger partial charge in [-0.1, -0.05) is 37.6 Å². The molecule has 1 fully saturated rings. The van der Waals surface area contributed by atoms with Crippen LogP contribution in [0.2, 0.25) is 0 Å². The van der Waals surface area contributed by atoms with Gasteiger partial charge in [-0.3, -0.25) is 10.1 Å². The van der Waals surface area contributed by atoms with E-state index in [1.54, 1.807) is 0 Å². The Morgan fingerprint density at radius 3 is 2.86 bits per heavy atom. The lowest BCUT2D eigenvalue weighted by molar-refractivity contribution is -0.530. The lowest BCUT2D eigenvalue weighted by Crippen LogP contribution is -2.33. The molecule has 0 unspecified atom stereocenters. The molecule has 0 amide bonds. The van der Waals surface area contributed by atoms with Gasteiger partial charge in [0, 0.05) is 11.8 Å². The van der Waals surface area contributed by atoms with Gasteiger partial charge in [-0.05, 0) is 55.8 Å². The van der Waals surface area contributed by atoms with E-state index in [4.69, 9.17) is 0 Å². The fourth-order valence-electron chi connectivity index (χ4n) is 4.14. The Bertz CT molecular complexity index is 432. The standard InChI is InChI=1S/C18H29NO3/c1-3-4-6-14-9-10-15-7-5-8-16(15)17(14)11-12-18(20)13(2)19(21)22/h4,6,9-10,13-18,20H,3,5,7-8,11-12H2,1-2H3/b6-4+/t13-,14+,15-,16+,17+,18-/m0/s1. The van der Waals surface area contributed by atoms with Crippen molar-refractivity contribution in [2.45, 2.75) is 64.5 Å². The van der Waals surface area contributed by atoms with Gasteiger partial charge in [0.05, 0.1) is 0 Å². The molecular formula is C18H29NO3. The lowest BCUT2D eigenvalue weighted by Gasteiger charge is -2.36. The summed E-state index contributed by atoms with van der Waals surface area (Å²) in [5.41, 5.74) is 0. The first-order chi connectivity index (χ1) is 10.5. The van der Waals surface area contributed by atoms with Crippen LogP contribution in [0.5, 0.6) is 0 Å². The minimum atomic E-state index is -0.872. The maximum Gasteiger partial charge on any atom is 0.235 e. The Morgan fingerprint density at radius 2 is 2.18 bits per heavy atom. The predicted octanol–water partition coefficient (Wildman–Crippen LogP) is 3.98. The molecule has 6 atom stereocenters. The maximum absolute atomic E-state index is 10.8. The second kappa shape index (κ2) is 7.91. The number of hydrogen-bond donors (Lipinski definition) is 1. The van der Waals surface area contributed by atoms with Crippen LogP contribution in [0.4, 0.5) is 0 Å². The molecule has 0 bridgehead atoms. The summed E-state index contributed by atoms with van der Waals surface area (Å²) >= 11 is 0. The smallest absolute Gasteiger partial charge is 0.235 e. The highest BCUT2D eigenvalue weighted by Gasteiger charge is 2.38. The number of hydrogen-bond acceptors (Lipinski definition) is 3. The zero-order valence-electron chi connectivity index (χ0n) is 13.7. The molecule has 1 saturated carbocycles. The fourth-order valence-corrected chi connectivity index (χ4v) is 4.14. The Kier molecular flexibility index (Phi) is 6.18. The van der Waals surface area contributed by atoms with Crippen molar-refractivity contribution in [3.8, 4) is 0 Å². The van der Waals surface area contributed by atoms with Crippen molar-refractivity contribution < 1.29 is 10.0 Å². The van der Waals surface area contributed by atoms with Crippen LogP contribution >= 0.6 is 0 Å². The van der Waals surface area contributed by atoms with E-state index < -0.39 is 12.1 Å². The third kappa shape index (κ3) is 3.97. The molecule has 0 spiro atoms. The summed E-state index contributed by atoms with van der Waals surface area (Å²) in [7, 11) is 0. The van der Waals surface area contributed by atoms with Gasteiger partial charge in [-0.15, -0.1) is 0 Å². The third-order valence-corrected chi connectivity index (χ3v) is 5.53. The molecule has 0 aliphatic heterocycles. The number of fused-ring (bicyclic) bond motifs is 1. The first-order valence-corrected chi connectivity index (χ1v) is 8.71. The van der Waals surface area contributed by atoms with Gasteiger partial charge >= 0.3 is 0 Å². The largest absolute Gasteiger partial charge is 0.386 e. The first-order valence-electron chi connectivity index (χ1n) is 8.71. The Labute approximate surface area is 133 Å². The summed E-state index contributed by atoms with van der Waals surface area (Å²) in [5.74, 6) is 2.32. The fraction of sp³-hybridized carbons (Fsp3) is 0.778. The van der Waals surface area contributed by atoms with Crippen LogP contribution in [0.25, 0.3) is 0 Å². The average Bonchev–Trinajstić information content (AvgIpc) is 2.98. The van der Waals surface area contributed by atoms with Crippen molar-refractivity contribution in [1.82, 2.24) is 0 Å². The highest BCUT2D eigenvalue weighted by Crippen LogP contribution is 2.46. The monoisotopic (exact) mass is 307 g/mol. The number of rotatable bonds is 7. The molecule has 0 heterocycles. The molecule has 4 heteroatoms. The van der Waals surface area contributed by atoms with E-state index in [0.717, 1.165) is 12.8 Å². The van der Waals surface area contributed by atoms with Crippen LogP contribution in [0.3, 0.4) is 0 Å². The number of aliphatic hydroxyl groups is 1. The topological polar surface area (TPSA) is 63.4 Å². The highest BCUT2D eigenvalue weighted by atomic mass is 16.6. The summed E-state index contributed by atoms with van der Waals surface area (Å²) in [4.78, 5) is 10.4. The zero-order chi connectivity index (χ0) is 16.1. The Hall–Kier alpha value is -1.16. The quantitative estimate of drug-likeness (QED) is 0.439. The van der Waals surface area contributed by atoms with E-state index in [-0.39, 0.29) is 4.92 Å². The average molecular weight is 307 g/mol. The molecule has 22 heavy (non-hydrogen) atoms. The molecular weight excluding hydrogens is 278 g/mol. The third-order valence-electron chi connectivity index (χ3n) is 5.53. The molecule has 2 rings (SSSR count). The van der Waals surface area contributed by atoms with Crippen LogP contribution in [-0.4, -0.2) is 22.2 Å². The van der Waals surface area contributed by atoms with Gasteiger partial charge in [0.1, 0.15) is 6.10 Å². The van der Waals surface area contributed by atoms with Crippen molar-refractivity contribution in [3.05, 3.63) is 34.4 Å². The van der Waals surface area contributed by atoms with Gasteiger partial charge in [-0.25, -0.2) is 0 Å². The van der Waals surface area contributed by atoms with E-state index in [1.807, 2.05) is 0 Å². The zero-order valence-corrected chi connectivity index (χ0v) is 13.7. The molecule has 0 radical (unpaired) electrons. The minimum absolute atomic E-state index is 0.377. The molecule has 124 valence electrons. The van der Waals surface area contributed by atoms with E-state index in [2.05, 4.69) is 31.2 Å². The molecule has 0 aromatic rings. The van der Waals surface area contributed by atoms with Crippen LogP contribution < -0.4 is 0 Å². The van der Waals surface area contributed by atoms with Crippen molar-refractivity contribution >= 4 is 0 Å². The van der Waals surface area contributed by atoms with Crippen molar-refractivity contribution in [2.24, 2.45) is 23.7 Å². The summed E-state index contributed by atoms with van der Waals surface area (Å²) in [6, 6.07) is -0.872. The van der Waals surface area contributed by atoms with Gasteiger partial charge in [0.2, 0.25) is 6.04 Å². The first kappa shape index (κ1) is 17.2. The number of nitrogens with zero attached hydrogens (tertiary/aromatic N) is 1. The second-order valence-electron chi connectivity index (χ2n) is 6.89. The molecule has 1 N–H and O–H groups in total. The van der Waals surface area contributed by atoms with Gasteiger partial charge < -0.3 is 5.11 Å². The van der Waals surface area contributed by atoms with E-state index in [1.165, 1.54) is 26.2 Å². The maximum atomic E-state index is 10.8. The van der Waals surface area contributed by atoms with E-state index in [9.17, 15) is 15.2 Å². The van der Waals surface area contributed by atoms with Crippen molar-refractivity contribution in [2.75, 3.05) is 0 Å². The van der Waals surface area contributed by atoms with E-state index in [0.29, 0.717) is 30.1 Å². The summed E-state index contributed by atoms with van der Waals surface area (Å²) in [6.07, 6.45) is 14.6.